The van der Waals surface area contributed by atoms with Gasteiger partial charge in [-0.15, -0.1) is 0 Å². The summed E-state index contributed by atoms with van der Waals surface area (Å²) in [6, 6.07) is 6.88. The molecule has 1 heterocycles. The van der Waals surface area contributed by atoms with Crippen molar-refractivity contribution < 1.29 is 8.42 Å². The molecule has 0 radical (unpaired) electrons. The van der Waals surface area contributed by atoms with Gasteiger partial charge in [0.05, 0.1) is 11.6 Å². The van der Waals surface area contributed by atoms with Crippen LogP contribution in [0.15, 0.2) is 29.2 Å². The molecule has 1 aliphatic rings. The summed E-state index contributed by atoms with van der Waals surface area (Å²) >= 11 is 0. The van der Waals surface area contributed by atoms with Crippen LogP contribution in [0.25, 0.3) is 0 Å². The molecule has 0 unspecified atom stereocenters. The third kappa shape index (κ3) is 3.69. The largest absolute Gasteiger partial charge is 0.372 e. The second-order valence-corrected chi connectivity index (χ2v) is 6.52. The Bertz CT molecular complexity index is 479. The van der Waals surface area contributed by atoms with E-state index in [1.807, 2.05) is 0 Å². The predicted octanol–water partition coefficient (Wildman–Crippen LogP) is 0.365. The maximum absolute atomic E-state index is 11.3. The molecule has 1 fully saturated rings. The molecule has 2 rings (SSSR count). The fourth-order valence-electron chi connectivity index (χ4n) is 1.89. The van der Waals surface area contributed by atoms with Crippen LogP contribution in [0, 0.1) is 0 Å². The summed E-state index contributed by atoms with van der Waals surface area (Å²) in [5, 5.41) is 6.60. The van der Waals surface area contributed by atoms with Gasteiger partial charge in [-0.3, -0.25) is 4.90 Å². The first-order chi connectivity index (χ1) is 8.55. The Hall–Kier alpha value is -1.11. The highest BCUT2D eigenvalue weighted by atomic mass is 32.2. The molecule has 18 heavy (non-hydrogen) atoms. The number of hydrogen-bond acceptors (Lipinski definition) is 5. The standard InChI is InChI=1S/C12H19N3O2S/c1-18(16,17)12-4-2-11(3-5-12)14-10-15-8-6-13-7-9-15/h2-5,13-14H,6-10H2,1H3. The minimum absolute atomic E-state index is 0.357. The average molecular weight is 269 g/mol. The van der Waals surface area contributed by atoms with E-state index < -0.39 is 9.84 Å². The number of sulfone groups is 1. The number of piperazine rings is 1. The highest BCUT2D eigenvalue weighted by Gasteiger charge is 2.09. The number of hydrogen-bond donors (Lipinski definition) is 2. The van der Waals surface area contributed by atoms with Gasteiger partial charge in [-0.05, 0) is 24.3 Å². The first-order valence-electron chi connectivity index (χ1n) is 6.03. The molecule has 0 aliphatic carbocycles. The molecular weight excluding hydrogens is 250 g/mol. The summed E-state index contributed by atoms with van der Waals surface area (Å²) in [5.74, 6) is 0. The minimum Gasteiger partial charge on any atom is -0.372 e. The minimum atomic E-state index is -3.10. The van der Waals surface area contributed by atoms with E-state index in [4.69, 9.17) is 0 Å². The van der Waals surface area contributed by atoms with Gasteiger partial charge in [0.1, 0.15) is 0 Å². The van der Waals surface area contributed by atoms with E-state index >= 15 is 0 Å². The zero-order chi connectivity index (χ0) is 13.0. The van der Waals surface area contributed by atoms with Gasteiger partial charge in [0.25, 0.3) is 0 Å². The molecule has 1 saturated heterocycles. The summed E-state index contributed by atoms with van der Waals surface area (Å²) in [5.41, 5.74) is 0.945. The normalized spacial score (nSPS) is 17.6. The SMILES string of the molecule is CS(=O)(=O)c1ccc(NCN2CCNCC2)cc1. The first-order valence-corrected chi connectivity index (χ1v) is 7.92. The van der Waals surface area contributed by atoms with Crippen LogP contribution in [0.2, 0.25) is 0 Å². The van der Waals surface area contributed by atoms with Crippen molar-refractivity contribution >= 4 is 15.5 Å². The Balaban J connectivity index is 1.90. The Morgan fingerprint density at radius 3 is 2.39 bits per heavy atom. The number of benzene rings is 1. The molecule has 0 atom stereocenters. The molecule has 6 heteroatoms. The van der Waals surface area contributed by atoms with Crippen molar-refractivity contribution in [2.45, 2.75) is 4.90 Å². The summed E-state index contributed by atoms with van der Waals surface area (Å²) in [6.07, 6.45) is 1.22. The summed E-state index contributed by atoms with van der Waals surface area (Å²) in [6.45, 7) is 4.91. The third-order valence-electron chi connectivity index (χ3n) is 3.00. The zero-order valence-electron chi connectivity index (χ0n) is 10.5. The monoisotopic (exact) mass is 269 g/mol. The van der Waals surface area contributed by atoms with Gasteiger partial charge in [-0.1, -0.05) is 0 Å². The lowest BCUT2D eigenvalue weighted by Gasteiger charge is -2.27. The number of nitrogens with zero attached hydrogens (tertiary/aromatic N) is 1. The van der Waals surface area contributed by atoms with Gasteiger partial charge in [0.15, 0.2) is 9.84 Å². The van der Waals surface area contributed by atoms with Crippen LogP contribution in [0.4, 0.5) is 5.69 Å². The second-order valence-electron chi connectivity index (χ2n) is 4.50. The third-order valence-corrected chi connectivity index (χ3v) is 4.13. The van der Waals surface area contributed by atoms with Crippen LogP contribution in [0.3, 0.4) is 0 Å². The highest BCUT2D eigenvalue weighted by Crippen LogP contribution is 2.13. The van der Waals surface area contributed by atoms with Crippen LogP contribution in [0.1, 0.15) is 0 Å². The molecule has 1 aliphatic heterocycles. The van der Waals surface area contributed by atoms with Crippen molar-refractivity contribution in [2.24, 2.45) is 0 Å². The first kappa shape index (κ1) is 13.3. The Kier molecular flexibility index (Phi) is 4.21. The lowest BCUT2D eigenvalue weighted by molar-refractivity contribution is 0.256. The molecule has 0 saturated carbocycles. The molecule has 0 amide bonds. The lowest BCUT2D eigenvalue weighted by atomic mass is 10.3. The van der Waals surface area contributed by atoms with E-state index in [9.17, 15) is 8.42 Å². The van der Waals surface area contributed by atoms with Crippen molar-refractivity contribution in [2.75, 3.05) is 44.4 Å². The van der Waals surface area contributed by atoms with Crippen LogP contribution < -0.4 is 10.6 Å². The summed E-state index contributed by atoms with van der Waals surface area (Å²) in [4.78, 5) is 2.68. The molecule has 2 N–H and O–H groups in total. The van der Waals surface area contributed by atoms with Gasteiger partial charge in [0, 0.05) is 38.1 Å². The topological polar surface area (TPSA) is 61.4 Å². The number of nitrogens with one attached hydrogen (secondary N) is 2. The van der Waals surface area contributed by atoms with Crippen molar-refractivity contribution in [1.29, 1.82) is 0 Å². The van der Waals surface area contributed by atoms with E-state index in [0.717, 1.165) is 38.5 Å². The fraction of sp³-hybridized carbons (Fsp3) is 0.500. The molecule has 5 nitrogen and oxygen atoms in total. The number of rotatable bonds is 4. The molecule has 0 aromatic heterocycles. The van der Waals surface area contributed by atoms with Gasteiger partial charge < -0.3 is 10.6 Å². The van der Waals surface area contributed by atoms with Crippen LogP contribution in [-0.4, -0.2) is 52.4 Å². The van der Waals surface area contributed by atoms with E-state index in [0.29, 0.717) is 4.90 Å². The molecule has 0 bridgehead atoms. The van der Waals surface area contributed by atoms with Gasteiger partial charge in [0.2, 0.25) is 0 Å². The maximum atomic E-state index is 11.3. The van der Waals surface area contributed by atoms with Crippen molar-refractivity contribution in [3.8, 4) is 0 Å². The summed E-state index contributed by atoms with van der Waals surface area (Å²) in [7, 11) is -3.10. The smallest absolute Gasteiger partial charge is 0.175 e. The lowest BCUT2D eigenvalue weighted by Crippen LogP contribution is -2.45. The van der Waals surface area contributed by atoms with Gasteiger partial charge >= 0.3 is 0 Å². The molecule has 0 spiro atoms. The average Bonchev–Trinajstić information content (AvgIpc) is 2.37. The molecule has 100 valence electrons. The van der Waals surface area contributed by atoms with Crippen molar-refractivity contribution in [3.63, 3.8) is 0 Å². The van der Waals surface area contributed by atoms with E-state index in [1.54, 1.807) is 24.3 Å². The quantitative estimate of drug-likeness (QED) is 0.827. The second kappa shape index (κ2) is 5.69. The van der Waals surface area contributed by atoms with Crippen LogP contribution in [-0.2, 0) is 9.84 Å². The molecular formula is C12H19N3O2S. The van der Waals surface area contributed by atoms with Crippen LogP contribution in [0.5, 0.6) is 0 Å². The zero-order valence-corrected chi connectivity index (χ0v) is 11.3. The van der Waals surface area contributed by atoms with E-state index in [1.165, 1.54) is 6.26 Å². The summed E-state index contributed by atoms with van der Waals surface area (Å²) < 4.78 is 22.6. The maximum Gasteiger partial charge on any atom is 0.175 e. The Morgan fingerprint density at radius 1 is 1.22 bits per heavy atom. The van der Waals surface area contributed by atoms with Gasteiger partial charge in [-0.2, -0.15) is 0 Å². The molecule has 1 aromatic carbocycles. The predicted molar refractivity (Wildman–Crippen MR) is 72.5 cm³/mol. The molecule has 1 aromatic rings. The van der Waals surface area contributed by atoms with Crippen molar-refractivity contribution in [1.82, 2.24) is 10.2 Å². The van der Waals surface area contributed by atoms with Crippen LogP contribution >= 0.6 is 0 Å². The van der Waals surface area contributed by atoms with Crippen molar-refractivity contribution in [3.05, 3.63) is 24.3 Å². The fourth-order valence-corrected chi connectivity index (χ4v) is 2.52. The highest BCUT2D eigenvalue weighted by molar-refractivity contribution is 7.90. The number of anilines is 1. The Morgan fingerprint density at radius 2 is 1.83 bits per heavy atom. The van der Waals surface area contributed by atoms with E-state index in [2.05, 4.69) is 15.5 Å². The van der Waals surface area contributed by atoms with E-state index in [-0.39, 0.29) is 0 Å². The van der Waals surface area contributed by atoms with Gasteiger partial charge in [-0.25, -0.2) is 8.42 Å². The Labute approximate surface area is 108 Å².